The van der Waals surface area contributed by atoms with Crippen LogP contribution in [0.5, 0.6) is 0 Å². The van der Waals surface area contributed by atoms with Crippen molar-refractivity contribution in [2.24, 2.45) is 5.73 Å². The number of hydrogen-bond acceptors (Lipinski definition) is 4. The van der Waals surface area contributed by atoms with Crippen molar-refractivity contribution >= 4 is 28.6 Å². The summed E-state index contributed by atoms with van der Waals surface area (Å²) >= 11 is 1.71. The molecule has 0 radical (unpaired) electrons. The Kier molecular flexibility index (Phi) is 4.06. The number of primary amides is 1. The molecule has 0 bridgehead atoms. The molecule has 0 aliphatic carbocycles. The Morgan fingerprint density at radius 2 is 2.16 bits per heavy atom. The molecule has 19 heavy (non-hydrogen) atoms. The summed E-state index contributed by atoms with van der Waals surface area (Å²) in [6.45, 7) is 2.81. The maximum absolute atomic E-state index is 11.4. The lowest BCUT2D eigenvalue weighted by Crippen LogP contribution is -2.14. The van der Waals surface area contributed by atoms with Crippen LogP contribution >= 0.6 is 11.3 Å². The van der Waals surface area contributed by atoms with Crippen molar-refractivity contribution in [2.75, 3.05) is 11.1 Å². The van der Waals surface area contributed by atoms with E-state index in [4.69, 9.17) is 11.5 Å². The summed E-state index contributed by atoms with van der Waals surface area (Å²) in [5.41, 5.74) is 14.0. The second-order valence-corrected chi connectivity index (χ2v) is 5.25. The lowest BCUT2D eigenvalue weighted by atomic mass is 10.1. The number of hydrogen-bond donors (Lipinski definition) is 3. The number of carbonyl (C=O) groups excluding carboxylic acids is 1. The average molecular weight is 275 g/mol. The van der Waals surface area contributed by atoms with E-state index >= 15 is 0 Å². The van der Waals surface area contributed by atoms with Gasteiger partial charge in [0.25, 0.3) is 5.91 Å². The fourth-order valence-electron chi connectivity index (χ4n) is 1.93. The van der Waals surface area contributed by atoms with E-state index in [-0.39, 0.29) is 0 Å². The largest absolute Gasteiger partial charge is 0.399 e. The number of thiophene rings is 1. The van der Waals surface area contributed by atoms with E-state index in [1.165, 1.54) is 10.4 Å². The molecular weight excluding hydrogens is 258 g/mol. The molecule has 1 heterocycles. The van der Waals surface area contributed by atoms with Gasteiger partial charge in [-0.05, 0) is 41.6 Å². The van der Waals surface area contributed by atoms with Crippen molar-refractivity contribution in [1.29, 1.82) is 0 Å². The van der Waals surface area contributed by atoms with Crippen molar-refractivity contribution in [3.05, 3.63) is 45.6 Å². The number of nitrogens with two attached hydrogens (primary N) is 2. The van der Waals surface area contributed by atoms with E-state index in [1.54, 1.807) is 29.5 Å². The molecule has 0 fully saturated rings. The van der Waals surface area contributed by atoms with Crippen LogP contribution in [0.15, 0.2) is 29.6 Å². The quantitative estimate of drug-likeness (QED) is 0.734. The molecule has 1 aromatic carbocycles. The third-order valence-electron chi connectivity index (χ3n) is 2.97. The Hall–Kier alpha value is -2.01. The van der Waals surface area contributed by atoms with Gasteiger partial charge in [-0.2, -0.15) is 0 Å². The zero-order valence-electron chi connectivity index (χ0n) is 10.8. The summed E-state index contributed by atoms with van der Waals surface area (Å²) < 4.78 is 0. The maximum Gasteiger partial charge on any atom is 0.250 e. The molecular formula is C14H17N3OS. The van der Waals surface area contributed by atoms with Gasteiger partial charge >= 0.3 is 0 Å². The van der Waals surface area contributed by atoms with E-state index in [1.807, 2.05) is 0 Å². The summed E-state index contributed by atoms with van der Waals surface area (Å²) in [4.78, 5) is 12.7. The second kappa shape index (κ2) is 5.75. The molecule has 0 spiro atoms. The summed E-state index contributed by atoms with van der Waals surface area (Å²) in [6.07, 6.45) is 1.00. The molecule has 0 aliphatic rings. The van der Waals surface area contributed by atoms with E-state index in [2.05, 4.69) is 23.7 Å². The molecule has 1 amide bonds. The zero-order valence-corrected chi connectivity index (χ0v) is 11.6. The number of anilines is 2. The first kappa shape index (κ1) is 13.4. The highest BCUT2D eigenvalue weighted by Crippen LogP contribution is 2.22. The van der Waals surface area contributed by atoms with Crippen molar-refractivity contribution in [1.82, 2.24) is 0 Å². The number of nitrogens with one attached hydrogen (secondary N) is 1. The van der Waals surface area contributed by atoms with Gasteiger partial charge in [0.15, 0.2) is 0 Å². The SMILES string of the molecule is CCc1ccsc1CNc1ccc(N)cc1C(N)=O. The number of rotatable bonds is 5. The molecule has 0 saturated carbocycles. The van der Waals surface area contributed by atoms with E-state index in [9.17, 15) is 4.79 Å². The number of aryl methyl sites for hydroxylation is 1. The number of amides is 1. The van der Waals surface area contributed by atoms with Crippen LogP contribution in [0.1, 0.15) is 27.7 Å². The standard InChI is InChI=1S/C14H17N3OS/c1-2-9-5-6-19-13(9)8-17-12-4-3-10(15)7-11(12)14(16)18/h3-7,17H,2,8,15H2,1H3,(H2,16,18). The van der Waals surface area contributed by atoms with Gasteiger partial charge in [0.05, 0.1) is 5.56 Å². The minimum absolute atomic E-state index is 0.426. The Balaban J connectivity index is 2.18. The van der Waals surface area contributed by atoms with Gasteiger partial charge in [0, 0.05) is 22.8 Å². The molecule has 1 aromatic heterocycles. The highest BCUT2D eigenvalue weighted by Gasteiger charge is 2.09. The van der Waals surface area contributed by atoms with Gasteiger partial charge in [-0.25, -0.2) is 0 Å². The van der Waals surface area contributed by atoms with Crippen LogP contribution < -0.4 is 16.8 Å². The lowest BCUT2D eigenvalue weighted by Gasteiger charge is -2.11. The predicted octanol–water partition coefficient (Wildman–Crippen LogP) is 2.60. The smallest absolute Gasteiger partial charge is 0.250 e. The fraction of sp³-hybridized carbons (Fsp3) is 0.214. The van der Waals surface area contributed by atoms with Crippen molar-refractivity contribution < 1.29 is 4.79 Å². The Morgan fingerprint density at radius 1 is 1.37 bits per heavy atom. The van der Waals surface area contributed by atoms with Crippen molar-refractivity contribution in [3.63, 3.8) is 0 Å². The van der Waals surface area contributed by atoms with Crippen LogP contribution in [0.25, 0.3) is 0 Å². The van der Waals surface area contributed by atoms with E-state index in [0.717, 1.165) is 12.1 Å². The van der Waals surface area contributed by atoms with Gasteiger partial charge in [-0.15, -0.1) is 11.3 Å². The van der Waals surface area contributed by atoms with Gasteiger partial charge in [0.2, 0.25) is 0 Å². The number of nitrogen functional groups attached to an aromatic ring is 1. The Morgan fingerprint density at radius 3 is 2.84 bits per heavy atom. The minimum atomic E-state index is -0.475. The van der Waals surface area contributed by atoms with Crippen molar-refractivity contribution in [2.45, 2.75) is 19.9 Å². The predicted molar refractivity (Wildman–Crippen MR) is 80.4 cm³/mol. The highest BCUT2D eigenvalue weighted by atomic mass is 32.1. The molecule has 100 valence electrons. The Labute approximate surface area is 116 Å². The summed E-state index contributed by atoms with van der Waals surface area (Å²) in [5, 5.41) is 5.33. The molecule has 0 atom stereocenters. The monoisotopic (exact) mass is 275 g/mol. The van der Waals surface area contributed by atoms with Gasteiger partial charge in [0.1, 0.15) is 0 Å². The Bertz CT molecular complexity index is 592. The van der Waals surface area contributed by atoms with Crippen LogP contribution in [-0.2, 0) is 13.0 Å². The lowest BCUT2D eigenvalue weighted by molar-refractivity contribution is 0.100. The number of carbonyl (C=O) groups is 1. The second-order valence-electron chi connectivity index (χ2n) is 4.25. The number of benzene rings is 1. The van der Waals surface area contributed by atoms with Crippen molar-refractivity contribution in [3.8, 4) is 0 Å². The molecule has 2 aromatic rings. The molecule has 5 N–H and O–H groups in total. The van der Waals surface area contributed by atoms with Crippen LogP contribution in [0.3, 0.4) is 0 Å². The van der Waals surface area contributed by atoms with E-state index < -0.39 is 5.91 Å². The zero-order chi connectivity index (χ0) is 13.8. The molecule has 2 rings (SSSR count). The van der Waals surface area contributed by atoms with Crippen LogP contribution in [0.2, 0.25) is 0 Å². The first-order chi connectivity index (χ1) is 9.11. The average Bonchev–Trinajstić information content (AvgIpc) is 2.84. The minimum Gasteiger partial charge on any atom is -0.399 e. The first-order valence-electron chi connectivity index (χ1n) is 6.10. The third-order valence-corrected chi connectivity index (χ3v) is 3.93. The van der Waals surface area contributed by atoms with Gasteiger partial charge in [-0.1, -0.05) is 6.92 Å². The summed E-state index contributed by atoms with van der Waals surface area (Å²) in [6, 6.07) is 7.26. The maximum atomic E-state index is 11.4. The molecule has 0 aliphatic heterocycles. The topological polar surface area (TPSA) is 81.1 Å². The van der Waals surface area contributed by atoms with Gasteiger partial charge < -0.3 is 16.8 Å². The van der Waals surface area contributed by atoms with Crippen LogP contribution in [0, 0.1) is 0 Å². The van der Waals surface area contributed by atoms with Gasteiger partial charge in [-0.3, -0.25) is 4.79 Å². The third kappa shape index (κ3) is 3.06. The highest BCUT2D eigenvalue weighted by molar-refractivity contribution is 7.10. The van der Waals surface area contributed by atoms with Crippen LogP contribution in [-0.4, -0.2) is 5.91 Å². The normalized spacial score (nSPS) is 10.4. The molecule has 0 unspecified atom stereocenters. The molecule has 0 saturated heterocycles. The molecule has 4 nitrogen and oxygen atoms in total. The summed E-state index contributed by atoms with van der Waals surface area (Å²) in [7, 11) is 0. The van der Waals surface area contributed by atoms with E-state index in [0.29, 0.717) is 17.8 Å². The molecule has 5 heteroatoms. The van der Waals surface area contributed by atoms with Crippen LogP contribution in [0.4, 0.5) is 11.4 Å². The first-order valence-corrected chi connectivity index (χ1v) is 6.98. The fourth-order valence-corrected chi connectivity index (χ4v) is 2.85. The summed E-state index contributed by atoms with van der Waals surface area (Å²) in [5.74, 6) is -0.475.